The number of hydrogen-bond acceptors (Lipinski definition) is 6. The molecule has 0 aromatic heterocycles. The fraction of sp³-hybridized carbons (Fsp3) is 0.500. The monoisotopic (exact) mass is 329 g/mol. The molecule has 0 aliphatic carbocycles. The maximum absolute atomic E-state index is 11.9. The van der Waals surface area contributed by atoms with Crippen LogP contribution in [0.2, 0.25) is 0 Å². The number of amides is 1. The summed E-state index contributed by atoms with van der Waals surface area (Å²) >= 11 is 0. The fourth-order valence-electron chi connectivity index (χ4n) is 1.75. The van der Waals surface area contributed by atoms with Crippen LogP contribution < -0.4 is 16.0 Å². The number of methoxy groups -OCH3 is 1. The van der Waals surface area contributed by atoms with E-state index in [2.05, 4.69) is 16.0 Å². The molecule has 1 rings (SSSR count). The van der Waals surface area contributed by atoms with Crippen molar-refractivity contribution < 1.29 is 17.9 Å². The molecular formula is C14H23N3O4S. The van der Waals surface area contributed by atoms with Gasteiger partial charge in [-0.15, -0.1) is 0 Å². The van der Waals surface area contributed by atoms with E-state index in [0.29, 0.717) is 37.5 Å². The first-order chi connectivity index (χ1) is 10.4. The second-order valence-electron chi connectivity index (χ2n) is 4.80. The first-order valence-corrected chi connectivity index (χ1v) is 8.79. The molecule has 0 radical (unpaired) electrons. The van der Waals surface area contributed by atoms with Crippen molar-refractivity contribution in [2.24, 2.45) is 0 Å². The molecule has 124 valence electrons. The molecule has 0 saturated carbocycles. The van der Waals surface area contributed by atoms with E-state index in [1.165, 1.54) is 12.1 Å². The molecule has 0 aliphatic rings. The summed E-state index contributed by atoms with van der Waals surface area (Å²) in [5.74, 6) is -0.185. The lowest BCUT2D eigenvalue weighted by atomic mass is 10.2. The maximum Gasteiger partial charge on any atom is 0.225 e. The normalized spacial score (nSPS) is 11.2. The molecule has 0 bridgehead atoms. The van der Waals surface area contributed by atoms with Crippen LogP contribution in [0.25, 0.3) is 0 Å². The van der Waals surface area contributed by atoms with Gasteiger partial charge in [-0.25, -0.2) is 8.42 Å². The number of nitrogens with one attached hydrogen (secondary N) is 3. The SMILES string of the molecule is CNCCC(=O)Nc1cc(S(C)(=O)=O)ccc1NCCOC. The van der Waals surface area contributed by atoms with Gasteiger partial charge in [0.1, 0.15) is 0 Å². The highest BCUT2D eigenvalue weighted by atomic mass is 32.2. The van der Waals surface area contributed by atoms with E-state index >= 15 is 0 Å². The van der Waals surface area contributed by atoms with Gasteiger partial charge in [-0.05, 0) is 25.2 Å². The Bertz CT molecular complexity index is 602. The smallest absolute Gasteiger partial charge is 0.225 e. The largest absolute Gasteiger partial charge is 0.383 e. The highest BCUT2D eigenvalue weighted by Crippen LogP contribution is 2.25. The Hall–Kier alpha value is -1.64. The highest BCUT2D eigenvalue weighted by molar-refractivity contribution is 7.90. The second kappa shape index (κ2) is 8.72. The van der Waals surface area contributed by atoms with E-state index in [1.807, 2.05) is 0 Å². The Morgan fingerprint density at radius 1 is 1.23 bits per heavy atom. The summed E-state index contributed by atoms with van der Waals surface area (Å²) in [6.45, 7) is 1.60. The Morgan fingerprint density at radius 3 is 2.55 bits per heavy atom. The van der Waals surface area contributed by atoms with Gasteiger partial charge in [-0.2, -0.15) is 0 Å². The standard InChI is InChI=1S/C14H23N3O4S/c1-15-7-6-14(18)17-13-10-11(22(3,19)20)4-5-12(13)16-8-9-21-2/h4-5,10,15-16H,6-9H2,1-3H3,(H,17,18). The summed E-state index contributed by atoms with van der Waals surface area (Å²) in [4.78, 5) is 12.0. The van der Waals surface area contributed by atoms with E-state index < -0.39 is 9.84 Å². The predicted octanol–water partition coefficient (Wildman–Crippen LogP) is 0.696. The molecule has 0 saturated heterocycles. The summed E-state index contributed by atoms with van der Waals surface area (Å²) in [5.41, 5.74) is 1.10. The molecule has 0 aliphatic heterocycles. The van der Waals surface area contributed by atoms with Gasteiger partial charge in [0.25, 0.3) is 0 Å². The third-order valence-electron chi connectivity index (χ3n) is 2.92. The minimum atomic E-state index is -3.34. The molecule has 0 unspecified atom stereocenters. The average Bonchev–Trinajstić information content (AvgIpc) is 2.45. The zero-order valence-corrected chi connectivity index (χ0v) is 13.9. The number of sulfone groups is 1. The third-order valence-corrected chi connectivity index (χ3v) is 4.03. The molecule has 0 fully saturated rings. The number of carbonyl (C=O) groups excluding carboxylic acids is 1. The van der Waals surface area contributed by atoms with Crippen molar-refractivity contribution in [2.45, 2.75) is 11.3 Å². The lowest BCUT2D eigenvalue weighted by Crippen LogP contribution is -2.20. The van der Waals surface area contributed by atoms with Crippen molar-refractivity contribution >= 4 is 27.1 Å². The van der Waals surface area contributed by atoms with Gasteiger partial charge in [0.05, 0.1) is 22.9 Å². The predicted molar refractivity (Wildman–Crippen MR) is 87.1 cm³/mol. The number of rotatable bonds is 9. The topological polar surface area (TPSA) is 96.5 Å². The summed E-state index contributed by atoms with van der Waals surface area (Å²) < 4.78 is 28.3. The summed E-state index contributed by atoms with van der Waals surface area (Å²) in [5, 5.41) is 8.73. The van der Waals surface area contributed by atoms with Crippen molar-refractivity contribution in [1.82, 2.24) is 5.32 Å². The van der Waals surface area contributed by atoms with Gasteiger partial charge in [-0.1, -0.05) is 0 Å². The van der Waals surface area contributed by atoms with Crippen LogP contribution >= 0.6 is 0 Å². The minimum absolute atomic E-state index is 0.161. The Kier molecular flexibility index (Phi) is 7.30. The molecule has 22 heavy (non-hydrogen) atoms. The second-order valence-corrected chi connectivity index (χ2v) is 6.82. The van der Waals surface area contributed by atoms with Crippen LogP contribution in [-0.2, 0) is 19.4 Å². The maximum atomic E-state index is 11.9. The molecule has 0 atom stereocenters. The van der Waals surface area contributed by atoms with Gasteiger partial charge in [0.2, 0.25) is 5.91 Å². The summed E-state index contributed by atoms with van der Waals surface area (Å²) in [6, 6.07) is 4.61. The number of carbonyl (C=O) groups is 1. The molecule has 8 heteroatoms. The lowest BCUT2D eigenvalue weighted by molar-refractivity contribution is -0.116. The van der Waals surface area contributed by atoms with Crippen molar-refractivity contribution in [3.63, 3.8) is 0 Å². The molecule has 7 nitrogen and oxygen atoms in total. The molecule has 1 amide bonds. The van der Waals surface area contributed by atoms with Crippen molar-refractivity contribution in [2.75, 3.05) is 50.7 Å². The van der Waals surface area contributed by atoms with Crippen LogP contribution in [0.5, 0.6) is 0 Å². The van der Waals surface area contributed by atoms with E-state index in [9.17, 15) is 13.2 Å². The molecule has 3 N–H and O–H groups in total. The number of ether oxygens (including phenoxy) is 1. The molecule has 1 aromatic rings. The molecule has 0 heterocycles. The zero-order valence-electron chi connectivity index (χ0n) is 13.1. The van der Waals surface area contributed by atoms with Gasteiger partial charge in [0.15, 0.2) is 9.84 Å². The van der Waals surface area contributed by atoms with Crippen molar-refractivity contribution in [3.8, 4) is 0 Å². The molecular weight excluding hydrogens is 306 g/mol. The van der Waals surface area contributed by atoms with Gasteiger partial charge < -0.3 is 20.7 Å². The van der Waals surface area contributed by atoms with Gasteiger partial charge >= 0.3 is 0 Å². The van der Waals surface area contributed by atoms with Crippen molar-refractivity contribution in [3.05, 3.63) is 18.2 Å². The number of benzene rings is 1. The molecule has 1 aromatic carbocycles. The van der Waals surface area contributed by atoms with Crippen LogP contribution in [0.3, 0.4) is 0 Å². The van der Waals surface area contributed by atoms with E-state index in [-0.39, 0.29) is 10.8 Å². The van der Waals surface area contributed by atoms with E-state index in [4.69, 9.17) is 4.74 Å². The number of hydrogen-bond donors (Lipinski definition) is 3. The fourth-order valence-corrected chi connectivity index (χ4v) is 2.40. The Balaban J connectivity index is 2.97. The first-order valence-electron chi connectivity index (χ1n) is 6.90. The Morgan fingerprint density at radius 2 is 1.95 bits per heavy atom. The number of anilines is 2. The molecule has 0 spiro atoms. The first kappa shape index (κ1) is 18.4. The highest BCUT2D eigenvalue weighted by Gasteiger charge is 2.13. The minimum Gasteiger partial charge on any atom is -0.383 e. The zero-order chi connectivity index (χ0) is 16.6. The van der Waals surface area contributed by atoms with E-state index in [1.54, 1.807) is 20.2 Å². The van der Waals surface area contributed by atoms with Crippen LogP contribution in [0.15, 0.2) is 23.1 Å². The summed E-state index contributed by atoms with van der Waals surface area (Å²) in [6.07, 6.45) is 1.43. The van der Waals surface area contributed by atoms with Crippen molar-refractivity contribution in [1.29, 1.82) is 0 Å². The van der Waals surface area contributed by atoms with Gasteiger partial charge in [0, 0.05) is 32.9 Å². The van der Waals surface area contributed by atoms with Crippen LogP contribution in [0.4, 0.5) is 11.4 Å². The summed E-state index contributed by atoms with van der Waals surface area (Å²) in [7, 11) is 0.0153. The van der Waals surface area contributed by atoms with Crippen LogP contribution in [0.1, 0.15) is 6.42 Å². The van der Waals surface area contributed by atoms with Crippen LogP contribution in [0, 0.1) is 0 Å². The average molecular weight is 329 g/mol. The Labute approximate surface area is 131 Å². The van der Waals surface area contributed by atoms with Crippen LogP contribution in [-0.4, -0.2) is 54.4 Å². The van der Waals surface area contributed by atoms with E-state index in [0.717, 1.165) is 6.26 Å². The quantitative estimate of drug-likeness (QED) is 0.577. The van der Waals surface area contributed by atoms with Gasteiger partial charge in [-0.3, -0.25) is 4.79 Å². The lowest BCUT2D eigenvalue weighted by Gasteiger charge is -2.14. The third kappa shape index (κ3) is 6.00.